The van der Waals surface area contributed by atoms with Gasteiger partial charge in [0.15, 0.2) is 0 Å². The third kappa shape index (κ3) is 4.82. The number of benzene rings is 2. The van der Waals surface area contributed by atoms with E-state index >= 15 is 0 Å². The zero-order valence-corrected chi connectivity index (χ0v) is 19.3. The Bertz CT molecular complexity index is 1100. The largest absolute Gasteiger partial charge is 0.481 e. The predicted octanol–water partition coefficient (Wildman–Crippen LogP) is 5.35. The fraction of sp³-hybridized carbons (Fsp3) is 0.423. The van der Waals surface area contributed by atoms with Crippen molar-refractivity contribution in [2.24, 2.45) is 5.92 Å². The van der Waals surface area contributed by atoms with Crippen molar-refractivity contribution in [2.75, 3.05) is 13.1 Å². The van der Waals surface area contributed by atoms with Crippen molar-refractivity contribution in [3.63, 3.8) is 0 Å². The average molecular weight is 466 g/mol. The van der Waals surface area contributed by atoms with Crippen molar-refractivity contribution in [1.82, 2.24) is 15.0 Å². The number of rotatable bonds is 8. The number of likely N-dealkylation sites (tertiary alicyclic amines) is 1. The van der Waals surface area contributed by atoms with Crippen molar-refractivity contribution in [3.05, 3.63) is 70.6 Å². The Balaban J connectivity index is 1.20. The monoisotopic (exact) mass is 465 g/mol. The molecule has 0 radical (unpaired) electrons. The second kappa shape index (κ2) is 9.27. The molecule has 1 saturated heterocycles. The van der Waals surface area contributed by atoms with E-state index < -0.39 is 5.97 Å². The number of aryl methyl sites for hydroxylation is 1. The molecule has 172 valence electrons. The summed E-state index contributed by atoms with van der Waals surface area (Å²) in [5.41, 5.74) is 3.60. The van der Waals surface area contributed by atoms with E-state index in [1.807, 2.05) is 36.4 Å². The summed E-state index contributed by atoms with van der Waals surface area (Å²) in [5.74, 6) is 0.347. The fourth-order valence-electron chi connectivity index (χ4n) is 5.23. The van der Waals surface area contributed by atoms with Crippen LogP contribution in [0.1, 0.15) is 49.1 Å². The standard InChI is InChI=1S/C26H28ClN3O3/c27-22-9-7-21(8-10-22)26(12-1-2-13-26)14-11-23-28-24(29-33-23)19-5-3-18(4-6-19)15-30-16-20(17-30)25(31)32/h3-10,20H,1-2,11-17H2,(H,31,32). The van der Waals surface area contributed by atoms with Crippen LogP contribution in [0, 0.1) is 5.92 Å². The van der Waals surface area contributed by atoms with Gasteiger partial charge < -0.3 is 9.63 Å². The Kier molecular flexibility index (Phi) is 6.21. The van der Waals surface area contributed by atoms with Crippen LogP contribution in [-0.4, -0.2) is 39.2 Å². The highest BCUT2D eigenvalue weighted by Gasteiger charge is 2.36. The lowest BCUT2D eigenvalue weighted by Gasteiger charge is -2.36. The Morgan fingerprint density at radius 3 is 2.45 bits per heavy atom. The summed E-state index contributed by atoms with van der Waals surface area (Å²) in [6.07, 6.45) is 6.61. The maximum atomic E-state index is 11.0. The normalized spacial score (nSPS) is 18.3. The third-order valence-electron chi connectivity index (χ3n) is 7.23. The number of carboxylic acids is 1. The fourth-order valence-corrected chi connectivity index (χ4v) is 5.36. The predicted molar refractivity (Wildman–Crippen MR) is 126 cm³/mol. The Morgan fingerprint density at radius 1 is 1.09 bits per heavy atom. The molecule has 2 aromatic carbocycles. The van der Waals surface area contributed by atoms with Gasteiger partial charge in [0.05, 0.1) is 5.92 Å². The van der Waals surface area contributed by atoms with Gasteiger partial charge in [-0.3, -0.25) is 9.69 Å². The number of aliphatic carboxylic acids is 1. The zero-order chi connectivity index (χ0) is 22.8. The molecule has 1 N–H and O–H groups in total. The third-order valence-corrected chi connectivity index (χ3v) is 7.48. The molecule has 5 rings (SSSR count). The van der Waals surface area contributed by atoms with Gasteiger partial charge in [0.2, 0.25) is 11.7 Å². The molecule has 1 saturated carbocycles. The minimum Gasteiger partial charge on any atom is -0.481 e. The number of nitrogens with zero attached hydrogens (tertiary/aromatic N) is 3. The summed E-state index contributed by atoms with van der Waals surface area (Å²) in [6, 6.07) is 16.4. The summed E-state index contributed by atoms with van der Waals surface area (Å²) >= 11 is 6.10. The van der Waals surface area contributed by atoms with Gasteiger partial charge in [0, 0.05) is 36.6 Å². The minimum absolute atomic E-state index is 0.164. The number of hydrogen-bond donors (Lipinski definition) is 1. The number of halogens is 1. The van der Waals surface area contributed by atoms with Crippen LogP contribution in [0.5, 0.6) is 0 Å². The lowest BCUT2D eigenvalue weighted by Crippen LogP contribution is -2.49. The highest BCUT2D eigenvalue weighted by atomic mass is 35.5. The number of carboxylic acid groups (broad SMARTS) is 1. The Labute approximate surface area is 198 Å². The SMILES string of the molecule is O=C(O)C1CN(Cc2ccc(-c3noc(CCC4(c5ccc(Cl)cc5)CCCC4)n3)cc2)C1. The molecule has 1 aliphatic carbocycles. The van der Waals surface area contributed by atoms with E-state index in [1.54, 1.807) is 0 Å². The van der Waals surface area contributed by atoms with Crippen LogP contribution in [-0.2, 0) is 23.2 Å². The van der Waals surface area contributed by atoms with E-state index in [-0.39, 0.29) is 11.3 Å². The molecule has 6 nitrogen and oxygen atoms in total. The molecular weight excluding hydrogens is 438 g/mol. The first-order valence-electron chi connectivity index (χ1n) is 11.6. The van der Waals surface area contributed by atoms with Gasteiger partial charge in [-0.25, -0.2) is 0 Å². The van der Waals surface area contributed by atoms with E-state index in [2.05, 4.69) is 27.2 Å². The van der Waals surface area contributed by atoms with Crippen molar-refractivity contribution >= 4 is 17.6 Å². The van der Waals surface area contributed by atoms with E-state index in [1.165, 1.54) is 31.2 Å². The second-order valence-corrected chi connectivity index (χ2v) is 9.87. The van der Waals surface area contributed by atoms with Gasteiger partial charge in [-0.05, 0) is 47.9 Å². The Morgan fingerprint density at radius 2 is 1.79 bits per heavy atom. The summed E-state index contributed by atoms with van der Waals surface area (Å²) in [5, 5.41) is 14.0. The summed E-state index contributed by atoms with van der Waals surface area (Å²) in [4.78, 5) is 17.7. The first kappa shape index (κ1) is 22.1. The van der Waals surface area contributed by atoms with Crippen molar-refractivity contribution in [3.8, 4) is 11.4 Å². The van der Waals surface area contributed by atoms with Crippen LogP contribution in [0.25, 0.3) is 11.4 Å². The number of aromatic nitrogens is 2. The van der Waals surface area contributed by atoms with Gasteiger partial charge in [-0.2, -0.15) is 4.98 Å². The first-order valence-corrected chi connectivity index (χ1v) is 12.0. The average Bonchev–Trinajstić information content (AvgIpc) is 3.46. The van der Waals surface area contributed by atoms with E-state index in [0.717, 1.165) is 35.5 Å². The van der Waals surface area contributed by atoms with Crippen molar-refractivity contribution in [1.29, 1.82) is 0 Å². The molecule has 0 amide bonds. The lowest BCUT2D eigenvalue weighted by atomic mass is 9.75. The number of hydrogen-bond acceptors (Lipinski definition) is 5. The second-order valence-electron chi connectivity index (χ2n) is 9.43. The maximum Gasteiger partial charge on any atom is 0.309 e. The summed E-state index contributed by atoms with van der Waals surface area (Å²) < 4.78 is 5.59. The van der Waals surface area contributed by atoms with Crippen LogP contribution in [0.2, 0.25) is 5.02 Å². The highest BCUT2D eigenvalue weighted by molar-refractivity contribution is 6.30. The molecule has 0 unspecified atom stereocenters. The first-order chi connectivity index (χ1) is 16.0. The van der Waals surface area contributed by atoms with Crippen LogP contribution in [0.4, 0.5) is 0 Å². The van der Waals surface area contributed by atoms with Gasteiger partial charge in [-0.1, -0.05) is 66.0 Å². The van der Waals surface area contributed by atoms with Crippen molar-refractivity contribution in [2.45, 2.75) is 50.5 Å². The molecule has 3 aromatic rings. The van der Waals surface area contributed by atoms with Crippen LogP contribution in [0.3, 0.4) is 0 Å². The summed E-state index contributed by atoms with van der Waals surface area (Å²) in [6.45, 7) is 1.99. The lowest BCUT2D eigenvalue weighted by molar-refractivity contribution is -0.147. The minimum atomic E-state index is -0.707. The molecule has 7 heteroatoms. The molecule has 2 heterocycles. The molecule has 1 aromatic heterocycles. The van der Waals surface area contributed by atoms with Crippen molar-refractivity contribution < 1.29 is 14.4 Å². The molecule has 1 aliphatic heterocycles. The van der Waals surface area contributed by atoms with Crippen LogP contribution < -0.4 is 0 Å². The van der Waals surface area contributed by atoms with Gasteiger partial charge >= 0.3 is 5.97 Å². The molecular formula is C26H28ClN3O3. The van der Waals surface area contributed by atoms with Crippen LogP contribution in [0.15, 0.2) is 53.1 Å². The van der Waals surface area contributed by atoms with Crippen LogP contribution >= 0.6 is 11.6 Å². The topological polar surface area (TPSA) is 79.5 Å². The highest BCUT2D eigenvalue weighted by Crippen LogP contribution is 2.44. The smallest absolute Gasteiger partial charge is 0.309 e. The quantitative estimate of drug-likeness (QED) is 0.483. The van der Waals surface area contributed by atoms with Gasteiger partial charge in [-0.15, -0.1) is 0 Å². The van der Waals surface area contributed by atoms with E-state index in [0.29, 0.717) is 24.8 Å². The maximum absolute atomic E-state index is 11.0. The number of carbonyl (C=O) groups is 1. The molecule has 2 fully saturated rings. The summed E-state index contributed by atoms with van der Waals surface area (Å²) in [7, 11) is 0. The van der Waals surface area contributed by atoms with Gasteiger partial charge in [0.1, 0.15) is 0 Å². The molecule has 0 spiro atoms. The Hall–Kier alpha value is -2.70. The van der Waals surface area contributed by atoms with E-state index in [9.17, 15) is 4.79 Å². The van der Waals surface area contributed by atoms with Gasteiger partial charge in [0.25, 0.3) is 0 Å². The zero-order valence-electron chi connectivity index (χ0n) is 18.5. The molecule has 0 bridgehead atoms. The molecule has 2 aliphatic rings. The molecule has 0 atom stereocenters. The molecule has 33 heavy (non-hydrogen) atoms. The van der Waals surface area contributed by atoms with E-state index in [4.69, 9.17) is 21.2 Å².